The van der Waals surface area contributed by atoms with E-state index in [2.05, 4.69) is 9.97 Å². The number of fused-ring (bicyclic) bond motifs is 1. The number of Topliss-reactive ketones (excluding diaryl/α,β-unsaturated/α-hetero) is 1. The van der Waals surface area contributed by atoms with Gasteiger partial charge in [-0.2, -0.15) is 0 Å². The van der Waals surface area contributed by atoms with Gasteiger partial charge in [0.05, 0.1) is 30.0 Å². The third-order valence-electron chi connectivity index (χ3n) is 7.21. The first-order valence-electron chi connectivity index (χ1n) is 12.1. The molecule has 0 aliphatic heterocycles. The summed E-state index contributed by atoms with van der Waals surface area (Å²) in [4.78, 5) is 23.0. The lowest BCUT2D eigenvalue weighted by atomic mass is 9.86. The highest BCUT2D eigenvalue weighted by atomic mass is 35.5. The zero-order chi connectivity index (χ0) is 27.2. The molecule has 2 aromatic heterocycles. The summed E-state index contributed by atoms with van der Waals surface area (Å²) in [6.45, 7) is 3.77. The van der Waals surface area contributed by atoms with Crippen LogP contribution in [0, 0.1) is 13.8 Å². The van der Waals surface area contributed by atoms with Crippen molar-refractivity contribution in [2.75, 3.05) is 20.0 Å². The molecule has 1 aliphatic carbocycles. The van der Waals surface area contributed by atoms with Gasteiger partial charge >= 0.3 is 0 Å². The van der Waals surface area contributed by atoms with E-state index in [4.69, 9.17) is 21.1 Å². The number of aryl methyl sites for hydroxylation is 2. The molecule has 7 nitrogen and oxygen atoms in total. The van der Waals surface area contributed by atoms with Crippen molar-refractivity contribution in [1.29, 1.82) is 0 Å². The van der Waals surface area contributed by atoms with E-state index in [9.17, 15) is 13.2 Å². The fraction of sp³-hybridized carbons (Fsp3) is 0.276. The van der Waals surface area contributed by atoms with Crippen molar-refractivity contribution in [1.82, 2.24) is 9.97 Å². The summed E-state index contributed by atoms with van der Waals surface area (Å²) in [6, 6.07) is 15.8. The fourth-order valence-electron chi connectivity index (χ4n) is 5.25. The zero-order valence-electron chi connectivity index (χ0n) is 21.5. The van der Waals surface area contributed by atoms with E-state index in [-0.39, 0.29) is 16.7 Å². The first-order chi connectivity index (χ1) is 18.1. The van der Waals surface area contributed by atoms with Gasteiger partial charge in [0.2, 0.25) is 5.88 Å². The van der Waals surface area contributed by atoms with Gasteiger partial charge in [0.25, 0.3) is 0 Å². The largest absolute Gasteiger partial charge is 0.496 e. The van der Waals surface area contributed by atoms with E-state index in [0.717, 1.165) is 16.8 Å². The highest BCUT2D eigenvalue weighted by molar-refractivity contribution is 7.92. The van der Waals surface area contributed by atoms with Gasteiger partial charge in [0.15, 0.2) is 15.6 Å². The first-order valence-corrected chi connectivity index (χ1v) is 14.1. The average molecular weight is 551 g/mol. The molecule has 9 heteroatoms. The number of halogens is 1. The second-order valence-electron chi connectivity index (χ2n) is 9.65. The molecule has 2 heterocycles. The number of hydrogen-bond donors (Lipinski definition) is 0. The Morgan fingerprint density at radius 1 is 1.08 bits per heavy atom. The molecule has 38 heavy (non-hydrogen) atoms. The molecule has 5 rings (SSSR count). The van der Waals surface area contributed by atoms with Gasteiger partial charge in [-0.25, -0.2) is 13.4 Å². The van der Waals surface area contributed by atoms with Crippen LogP contribution in [-0.2, 0) is 20.0 Å². The maximum absolute atomic E-state index is 14.1. The Morgan fingerprint density at radius 3 is 2.58 bits per heavy atom. The number of nitrogens with zero attached hydrogens (tertiary/aromatic N) is 2. The summed E-state index contributed by atoms with van der Waals surface area (Å²) in [6.07, 6.45) is 2.03. The SMILES string of the molecule is COc1ccc(C)cc1[C@]1(C(=O)CS(=O)(=O)c2cccc3nc(C)ccc23)C[C@@H]1c1cnc(OC)c(Cl)c1. The van der Waals surface area contributed by atoms with Crippen LogP contribution in [-0.4, -0.2) is 44.1 Å². The van der Waals surface area contributed by atoms with E-state index in [0.29, 0.717) is 33.7 Å². The normalized spacial score (nSPS) is 18.8. The quantitative estimate of drug-likeness (QED) is 0.290. The van der Waals surface area contributed by atoms with Crippen LogP contribution < -0.4 is 9.47 Å². The maximum atomic E-state index is 14.1. The van der Waals surface area contributed by atoms with E-state index >= 15 is 0 Å². The predicted molar refractivity (Wildman–Crippen MR) is 146 cm³/mol. The molecule has 0 N–H and O–H groups in total. The van der Waals surface area contributed by atoms with Crippen molar-refractivity contribution in [2.45, 2.75) is 36.5 Å². The molecule has 0 bridgehead atoms. The smallest absolute Gasteiger partial charge is 0.232 e. The van der Waals surface area contributed by atoms with Crippen LogP contribution in [0.4, 0.5) is 0 Å². The summed E-state index contributed by atoms with van der Waals surface area (Å²) >= 11 is 6.36. The van der Waals surface area contributed by atoms with E-state index in [1.807, 2.05) is 32.0 Å². The number of hydrogen-bond acceptors (Lipinski definition) is 7. The Balaban J connectivity index is 1.60. The Morgan fingerprint density at radius 2 is 1.87 bits per heavy atom. The number of aromatic nitrogens is 2. The Labute approximate surface area is 226 Å². The monoisotopic (exact) mass is 550 g/mol. The predicted octanol–water partition coefficient (Wildman–Crippen LogP) is 5.39. The number of methoxy groups -OCH3 is 2. The van der Waals surface area contributed by atoms with Gasteiger partial charge < -0.3 is 9.47 Å². The minimum atomic E-state index is -4.00. The minimum absolute atomic E-state index is 0.0913. The lowest BCUT2D eigenvalue weighted by Crippen LogP contribution is -2.30. The van der Waals surface area contributed by atoms with Crippen LogP contribution >= 0.6 is 11.6 Å². The third kappa shape index (κ3) is 4.41. The molecule has 1 saturated carbocycles. The van der Waals surface area contributed by atoms with Crippen molar-refractivity contribution in [3.05, 3.63) is 88.2 Å². The number of sulfone groups is 1. The van der Waals surface area contributed by atoms with Gasteiger partial charge in [-0.15, -0.1) is 0 Å². The Bertz CT molecular complexity index is 1690. The molecular formula is C29H27ClN2O5S. The summed E-state index contributed by atoms with van der Waals surface area (Å²) < 4.78 is 38.3. The van der Waals surface area contributed by atoms with E-state index in [1.165, 1.54) is 20.3 Å². The molecule has 1 aliphatic rings. The van der Waals surface area contributed by atoms with Gasteiger partial charge in [-0.3, -0.25) is 9.78 Å². The van der Waals surface area contributed by atoms with Gasteiger partial charge in [-0.1, -0.05) is 35.4 Å². The lowest BCUT2D eigenvalue weighted by Gasteiger charge is -2.21. The number of ketones is 1. The van der Waals surface area contributed by atoms with Crippen LogP contribution in [0.1, 0.15) is 34.7 Å². The number of carbonyl (C=O) groups is 1. The highest BCUT2D eigenvalue weighted by Gasteiger charge is 2.63. The van der Waals surface area contributed by atoms with Crippen molar-refractivity contribution in [3.8, 4) is 11.6 Å². The van der Waals surface area contributed by atoms with Gasteiger partial charge in [0.1, 0.15) is 16.5 Å². The molecular weight excluding hydrogens is 524 g/mol. The van der Waals surface area contributed by atoms with Crippen LogP contribution in [0.3, 0.4) is 0 Å². The molecule has 2 aromatic carbocycles. The molecule has 1 fully saturated rings. The summed E-state index contributed by atoms with van der Waals surface area (Å²) in [5.74, 6) is -0.584. The standard InChI is InChI=1S/C29H27ClN2O5S/c1-17-8-11-25(36-3)21(12-17)29(14-22(29)19-13-23(30)28(37-4)31-15-19)27(33)16-38(34,35)26-7-5-6-24-20(26)10-9-18(2)32-24/h5-13,15,22H,14,16H2,1-4H3/t22-,29-/m1/s1. The summed E-state index contributed by atoms with van der Waals surface area (Å²) in [5, 5.41) is 0.812. The van der Waals surface area contributed by atoms with Crippen LogP contribution in [0.25, 0.3) is 10.9 Å². The highest BCUT2D eigenvalue weighted by Crippen LogP contribution is 2.63. The van der Waals surface area contributed by atoms with Crippen molar-refractivity contribution in [2.24, 2.45) is 0 Å². The number of benzene rings is 2. The molecule has 0 unspecified atom stereocenters. The second-order valence-corrected chi connectivity index (χ2v) is 12.0. The average Bonchev–Trinajstić information content (AvgIpc) is 3.65. The van der Waals surface area contributed by atoms with Crippen LogP contribution in [0.15, 0.2) is 65.7 Å². The van der Waals surface area contributed by atoms with Gasteiger partial charge in [0, 0.05) is 28.8 Å². The molecule has 2 atom stereocenters. The molecule has 0 amide bonds. The summed E-state index contributed by atoms with van der Waals surface area (Å²) in [7, 11) is -0.980. The molecule has 0 radical (unpaired) electrons. The number of pyridine rings is 2. The number of carbonyl (C=O) groups excluding carboxylic acids is 1. The van der Waals surface area contributed by atoms with E-state index in [1.54, 1.807) is 36.5 Å². The van der Waals surface area contributed by atoms with Gasteiger partial charge in [-0.05, 0) is 62.2 Å². The second kappa shape index (κ2) is 9.67. The third-order valence-corrected chi connectivity index (χ3v) is 9.14. The van der Waals surface area contributed by atoms with Crippen molar-refractivity contribution in [3.63, 3.8) is 0 Å². The summed E-state index contributed by atoms with van der Waals surface area (Å²) in [5.41, 5.74) is 2.56. The number of rotatable bonds is 8. The van der Waals surface area contributed by atoms with Crippen LogP contribution in [0.5, 0.6) is 11.6 Å². The molecule has 0 spiro atoms. The van der Waals surface area contributed by atoms with Crippen molar-refractivity contribution >= 4 is 38.1 Å². The maximum Gasteiger partial charge on any atom is 0.232 e. The molecule has 196 valence electrons. The first kappa shape index (κ1) is 26.1. The lowest BCUT2D eigenvalue weighted by molar-refractivity contribution is -0.119. The number of ether oxygens (including phenoxy) is 2. The molecule has 4 aromatic rings. The Kier molecular flexibility index (Phi) is 6.65. The topological polar surface area (TPSA) is 95.5 Å². The fourth-order valence-corrected chi connectivity index (χ4v) is 7.06. The Hall–Kier alpha value is -3.49. The van der Waals surface area contributed by atoms with Crippen molar-refractivity contribution < 1.29 is 22.7 Å². The minimum Gasteiger partial charge on any atom is -0.496 e. The van der Waals surface area contributed by atoms with Crippen LogP contribution in [0.2, 0.25) is 5.02 Å². The molecule has 0 saturated heterocycles. The zero-order valence-corrected chi connectivity index (χ0v) is 23.1. The van der Waals surface area contributed by atoms with E-state index < -0.39 is 26.8 Å².